The number of carbonyl (C=O) groups is 1. The van der Waals surface area contributed by atoms with Crippen molar-refractivity contribution in [2.45, 2.75) is 4.90 Å². The maximum Gasteiger partial charge on any atom is 0.334 e. The molecule has 5 nitrogen and oxygen atoms in total. The average Bonchev–Trinajstić information content (AvgIpc) is 2.75. The maximum absolute atomic E-state index is 13.0. The molecular weight excluding hydrogens is 295 g/mol. The van der Waals surface area contributed by atoms with Crippen molar-refractivity contribution in [3.05, 3.63) is 47.2 Å². The van der Waals surface area contributed by atoms with Gasteiger partial charge in [0.05, 0.1) is 10.7 Å². The molecule has 0 fully saturated rings. The van der Waals surface area contributed by atoms with Crippen LogP contribution < -0.4 is 5.32 Å². The molecule has 2 N–H and O–H groups in total. The Hall–Kier alpha value is -1.86. The highest BCUT2D eigenvalue weighted by atomic mass is 35.5. The first-order valence-corrected chi connectivity index (χ1v) is 6.83. The van der Waals surface area contributed by atoms with Gasteiger partial charge >= 0.3 is 10.2 Å². The zero-order chi connectivity index (χ0) is 14.0. The predicted octanol–water partition coefficient (Wildman–Crippen LogP) is 2.58. The number of H-pyrrole nitrogens is 1. The van der Waals surface area contributed by atoms with Crippen molar-refractivity contribution in [1.82, 2.24) is 4.98 Å². The summed E-state index contributed by atoms with van der Waals surface area (Å²) in [7, 11) is -4.91. The SMILES string of the molecule is O=C(Nc1ccccc1S(=O)(=O)F)c1cc(Cl)c[nH]1. The summed E-state index contributed by atoms with van der Waals surface area (Å²) in [4.78, 5) is 13.8. The van der Waals surface area contributed by atoms with Gasteiger partial charge in [0, 0.05) is 6.20 Å². The number of para-hydroxylation sites is 1. The van der Waals surface area contributed by atoms with Gasteiger partial charge < -0.3 is 10.3 Å². The molecule has 0 saturated heterocycles. The molecule has 0 unspecified atom stereocenters. The molecule has 0 aliphatic heterocycles. The zero-order valence-electron chi connectivity index (χ0n) is 9.35. The topological polar surface area (TPSA) is 79.0 Å². The molecule has 0 saturated carbocycles. The molecule has 0 spiro atoms. The number of amides is 1. The van der Waals surface area contributed by atoms with Crippen molar-refractivity contribution < 1.29 is 17.1 Å². The van der Waals surface area contributed by atoms with Crippen LogP contribution in [-0.4, -0.2) is 19.3 Å². The largest absolute Gasteiger partial charge is 0.356 e. The molecule has 1 aromatic carbocycles. The molecule has 100 valence electrons. The number of anilines is 1. The number of halogens is 2. The van der Waals surface area contributed by atoms with E-state index in [4.69, 9.17) is 11.6 Å². The Morgan fingerprint density at radius 1 is 1.32 bits per heavy atom. The molecule has 1 heterocycles. The smallest absolute Gasteiger partial charge is 0.334 e. The van der Waals surface area contributed by atoms with E-state index in [1.54, 1.807) is 0 Å². The third-order valence-corrected chi connectivity index (χ3v) is 3.39. The Bertz CT molecular complexity index is 727. The lowest BCUT2D eigenvalue weighted by Gasteiger charge is -2.07. The lowest BCUT2D eigenvalue weighted by molar-refractivity contribution is 0.102. The van der Waals surface area contributed by atoms with Crippen LogP contribution in [0, 0.1) is 0 Å². The normalized spacial score (nSPS) is 11.3. The van der Waals surface area contributed by atoms with Crippen molar-refractivity contribution in [1.29, 1.82) is 0 Å². The molecule has 2 aromatic rings. The first-order valence-electron chi connectivity index (χ1n) is 5.07. The minimum absolute atomic E-state index is 0.135. The number of aromatic amines is 1. The first kappa shape index (κ1) is 13.6. The number of rotatable bonds is 3. The van der Waals surface area contributed by atoms with E-state index in [2.05, 4.69) is 10.3 Å². The average molecular weight is 303 g/mol. The van der Waals surface area contributed by atoms with Gasteiger partial charge in [-0.05, 0) is 18.2 Å². The second-order valence-electron chi connectivity index (χ2n) is 3.62. The van der Waals surface area contributed by atoms with Gasteiger partial charge in [-0.25, -0.2) is 0 Å². The third kappa shape index (κ3) is 3.12. The van der Waals surface area contributed by atoms with Gasteiger partial charge in [0.25, 0.3) is 5.91 Å². The van der Waals surface area contributed by atoms with Crippen LogP contribution in [0.5, 0.6) is 0 Å². The highest BCUT2D eigenvalue weighted by Gasteiger charge is 2.19. The van der Waals surface area contributed by atoms with Crippen LogP contribution in [0.2, 0.25) is 5.02 Å². The minimum atomic E-state index is -4.91. The highest BCUT2D eigenvalue weighted by molar-refractivity contribution is 7.86. The molecule has 1 aromatic heterocycles. The summed E-state index contributed by atoms with van der Waals surface area (Å²) < 4.78 is 34.9. The second kappa shape index (κ2) is 5.02. The highest BCUT2D eigenvalue weighted by Crippen LogP contribution is 2.23. The van der Waals surface area contributed by atoms with Crippen LogP contribution in [-0.2, 0) is 10.2 Å². The minimum Gasteiger partial charge on any atom is -0.356 e. The number of carbonyl (C=O) groups excluding carboxylic acids is 1. The van der Waals surface area contributed by atoms with E-state index >= 15 is 0 Å². The lowest BCUT2D eigenvalue weighted by atomic mass is 10.3. The van der Waals surface area contributed by atoms with Crippen molar-refractivity contribution in [2.24, 2.45) is 0 Å². The van der Waals surface area contributed by atoms with E-state index in [1.807, 2.05) is 0 Å². The fraction of sp³-hybridized carbons (Fsp3) is 0. The van der Waals surface area contributed by atoms with Crippen molar-refractivity contribution in [2.75, 3.05) is 5.32 Å². The Kier molecular flexibility index (Phi) is 3.59. The molecule has 0 radical (unpaired) electrons. The summed E-state index contributed by atoms with van der Waals surface area (Å²) >= 11 is 5.64. The van der Waals surface area contributed by atoms with E-state index in [9.17, 15) is 17.1 Å². The van der Waals surface area contributed by atoms with Gasteiger partial charge in [-0.3, -0.25) is 4.79 Å². The van der Waals surface area contributed by atoms with E-state index in [0.717, 1.165) is 6.07 Å². The summed E-state index contributed by atoms with van der Waals surface area (Å²) in [6, 6.07) is 6.55. The van der Waals surface area contributed by atoms with Crippen molar-refractivity contribution in [3.63, 3.8) is 0 Å². The molecule has 8 heteroatoms. The standard InChI is InChI=1S/C11H8ClFN2O3S/c12-7-5-9(14-6-7)11(16)15-8-3-1-2-4-10(8)19(13,17)18/h1-6,14H,(H,15,16). The number of hydrogen-bond donors (Lipinski definition) is 2. The molecule has 19 heavy (non-hydrogen) atoms. The van der Waals surface area contributed by atoms with Crippen LogP contribution in [0.3, 0.4) is 0 Å². The molecule has 2 rings (SSSR count). The monoisotopic (exact) mass is 302 g/mol. The fourth-order valence-electron chi connectivity index (χ4n) is 1.47. The number of hydrogen-bond acceptors (Lipinski definition) is 3. The third-order valence-electron chi connectivity index (χ3n) is 2.29. The Morgan fingerprint density at radius 2 is 2.00 bits per heavy atom. The van der Waals surface area contributed by atoms with Crippen LogP contribution in [0.25, 0.3) is 0 Å². The lowest BCUT2D eigenvalue weighted by Crippen LogP contribution is -2.14. The van der Waals surface area contributed by atoms with Crippen LogP contribution in [0.1, 0.15) is 10.5 Å². The van der Waals surface area contributed by atoms with Gasteiger partial charge in [-0.1, -0.05) is 23.7 Å². The molecular formula is C11H8ClFN2O3S. The number of benzene rings is 1. The molecule has 1 amide bonds. The zero-order valence-corrected chi connectivity index (χ0v) is 10.9. The summed E-state index contributed by atoms with van der Waals surface area (Å²) in [5.74, 6) is -0.622. The Morgan fingerprint density at radius 3 is 2.58 bits per heavy atom. The molecule has 0 aliphatic rings. The van der Waals surface area contributed by atoms with E-state index < -0.39 is 21.0 Å². The van der Waals surface area contributed by atoms with Gasteiger partial charge in [0.1, 0.15) is 10.6 Å². The van der Waals surface area contributed by atoms with Gasteiger partial charge in [-0.2, -0.15) is 8.42 Å². The van der Waals surface area contributed by atoms with Crippen molar-refractivity contribution in [3.8, 4) is 0 Å². The summed E-state index contributed by atoms with van der Waals surface area (Å²) in [6.45, 7) is 0. The summed E-state index contributed by atoms with van der Waals surface area (Å²) in [5.41, 5.74) is -0.00298. The second-order valence-corrected chi connectivity index (χ2v) is 5.37. The van der Waals surface area contributed by atoms with Crippen molar-refractivity contribution >= 4 is 33.4 Å². The predicted molar refractivity (Wildman–Crippen MR) is 68.5 cm³/mol. The van der Waals surface area contributed by atoms with Gasteiger partial charge in [-0.15, -0.1) is 3.89 Å². The van der Waals surface area contributed by atoms with Gasteiger partial charge in [0.15, 0.2) is 0 Å². The van der Waals surface area contributed by atoms with E-state index in [1.165, 1.54) is 30.5 Å². The maximum atomic E-state index is 13.0. The van der Waals surface area contributed by atoms with Crippen LogP contribution in [0.4, 0.5) is 9.57 Å². The quantitative estimate of drug-likeness (QED) is 0.855. The number of aromatic nitrogens is 1. The Balaban J connectivity index is 2.32. The van der Waals surface area contributed by atoms with Gasteiger partial charge in [0.2, 0.25) is 0 Å². The summed E-state index contributed by atoms with van der Waals surface area (Å²) in [6.07, 6.45) is 1.40. The fourth-order valence-corrected chi connectivity index (χ4v) is 2.26. The summed E-state index contributed by atoms with van der Waals surface area (Å²) in [5, 5.41) is 2.63. The number of nitrogens with one attached hydrogen (secondary N) is 2. The molecule has 0 aliphatic carbocycles. The van der Waals surface area contributed by atoms with E-state index in [0.29, 0.717) is 5.02 Å². The van der Waals surface area contributed by atoms with E-state index in [-0.39, 0.29) is 11.4 Å². The van der Waals surface area contributed by atoms with Crippen LogP contribution in [0.15, 0.2) is 41.4 Å². The Labute approximate surface area is 113 Å². The van der Waals surface area contributed by atoms with Crippen LogP contribution >= 0.6 is 11.6 Å². The first-order chi connectivity index (χ1) is 8.88. The molecule has 0 atom stereocenters. The molecule has 0 bridgehead atoms.